The minimum atomic E-state index is -0.739. The second-order valence-electron chi connectivity index (χ2n) is 5.28. The van der Waals surface area contributed by atoms with Crippen molar-refractivity contribution in [2.45, 2.75) is 20.4 Å². The largest absolute Gasteiger partial charge is 0.508 e. The number of nitriles is 1. The summed E-state index contributed by atoms with van der Waals surface area (Å²) in [7, 11) is 1.77. The fraction of sp³-hybridized carbons (Fsp3) is 0.278. The van der Waals surface area contributed by atoms with Gasteiger partial charge in [-0.15, -0.1) is 11.3 Å². The standard InChI is InChI=1S/C18H19N3O4S/c1-4-21-16(23)15(11-20(3)12-6-8-13(22)9-7-12)26-17(21)14(10-19)18(24)25-5-2/h6-9,11,22H,4-5H2,1-3H3. The van der Waals surface area contributed by atoms with Crippen molar-refractivity contribution in [3.63, 3.8) is 0 Å². The van der Waals surface area contributed by atoms with Crippen LogP contribution in [0.4, 0.5) is 5.69 Å². The van der Waals surface area contributed by atoms with Gasteiger partial charge >= 0.3 is 5.97 Å². The molecule has 0 unspecified atom stereocenters. The molecule has 1 N–H and O–H groups in total. The Kier molecular flexibility index (Phi) is 6.20. The van der Waals surface area contributed by atoms with Gasteiger partial charge in [0.05, 0.1) is 6.61 Å². The second-order valence-corrected chi connectivity index (χ2v) is 6.32. The van der Waals surface area contributed by atoms with Gasteiger partial charge in [-0.05, 0) is 38.1 Å². The fourth-order valence-electron chi connectivity index (χ4n) is 2.31. The maximum Gasteiger partial charge on any atom is 0.351 e. The predicted molar refractivity (Wildman–Crippen MR) is 100 cm³/mol. The number of aromatic nitrogens is 1. The van der Waals surface area contributed by atoms with Crippen LogP contribution in [0.1, 0.15) is 13.8 Å². The Balaban J connectivity index is 2.64. The van der Waals surface area contributed by atoms with Crippen LogP contribution < -0.4 is 19.7 Å². The van der Waals surface area contributed by atoms with Gasteiger partial charge in [0.1, 0.15) is 21.0 Å². The molecule has 0 atom stereocenters. The molecule has 1 aromatic carbocycles. The van der Waals surface area contributed by atoms with Gasteiger partial charge < -0.3 is 14.7 Å². The smallest absolute Gasteiger partial charge is 0.351 e. The Morgan fingerprint density at radius 1 is 1.38 bits per heavy atom. The van der Waals surface area contributed by atoms with Crippen LogP contribution in [0.5, 0.6) is 5.75 Å². The molecule has 0 radical (unpaired) electrons. The van der Waals surface area contributed by atoms with Gasteiger partial charge in [0.25, 0.3) is 5.56 Å². The van der Waals surface area contributed by atoms with E-state index in [2.05, 4.69) is 0 Å². The van der Waals surface area contributed by atoms with Crippen LogP contribution in [-0.2, 0) is 16.1 Å². The number of nitrogens with zero attached hydrogens (tertiary/aromatic N) is 3. The zero-order valence-corrected chi connectivity index (χ0v) is 15.5. The molecule has 0 amide bonds. The molecular formula is C18H19N3O4S. The molecular weight excluding hydrogens is 354 g/mol. The molecule has 0 aliphatic carbocycles. The molecule has 7 nitrogen and oxygen atoms in total. The van der Waals surface area contributed by atoms with E-state index in [4.69, 9.17) is 4.74 Å². The Bertz CT molecular complexity index is 1010. The Hall–Kier alpha value is -3.05. The van der Waals surface area contributed by atoms with Crippen LogP contribution in [-0.4, -0.2) is 29.3 Å². The van der Waals surface area contributed by atoms with Gasteiger partial charge in [-0.25, -0.2) is 4.79 Å². The summed E-state index contributed by atoms with van der Waals surface area (Å²) in [6, 6.07) is 8.37. The van der Waals surface area contributed by atoms with Crippen molar-refractivity contribution in [3.8, 4) is 11.8 Å². The maximum atomic E-state index is 12.6. The molecule has 2 rings (SSSR count). The van der Waals surface area contributed by atoms with E-state index in [9.17, 15) is 20.0 Å². The fourth-order valence-corrected chi connectivity index (χ4v) is 3.48. The number of carbonyl (C=O) groups is 1. The van der Waals surface area contributed by atoms with Crippen molar-refractivity contribution < 1.29 is 14.6 Å². The third kappa shape index (κ3) is 3.95. The van der Waals surface area contributed by atoms with Crippen LogP contribution in [0.2, 0.25) is 0 Å². The number of anilines is 1. The third-order valence-electron chi connectivity index (χ3n) is 3.60. The average Bonchev–Trinajstić information content (AvgIpc) is 2.92. The molecule has 0 spiro atoms. The molecule has 26 heavy (non-hydrogen) atoms. The van der Waals surface area contributed by atoms with Crippen molar-refractivity contribution in [3.05, 3.63) is 43.8 Å². The summed E-state index contributed by atoms with van der Waals surface area (Å²) in [5.74, 6) is -0.589. The van der Waals surface area contributed by atoms with Crippen LogP contribution in [0.3, 0.4) is 0 Å². The lowest BCUT2D eigenvalue weighted by atomic mass is 10.3. The SMILES string of the molecule is CCOC(=O)C(C#N)=c1sc(=CN(C)c2ccc(O)cc2)c(=O)n1CC. The third-order valence-corrected chi connectivity index (χ3v) is 4.71. The predicted octanol–water partition coefficient (Wildman–Crippen LogP) is 0.747. The van der Waals surface area contributed by atoms with Gasteiger partial charge in [-0.1, -0.05) is 0 Å². The summed E-state index contributed by atoms with van der Waals surface area (Å²) in [5.41, 5.74) is 0.313. The highest BCUT2D eigenvalue weighted by atomic mass is 32.1. The molecule has 1 heterocycles. The van der Waals surface area contributed by atoms with Crippen LogP contribution in [0.25, 0.3) is 11.8 Å². The molecule has 8 heteroatoms. The first-order valence-electron chi connectivity index (χ1n) is 7.97. The van der Waals surface area contributed by atoms with Crippen molar-refractivity contribution in [1.82, 2.24) is 4.57 Å². The molecule has 0 saturated heterocycles. The van der Waals surface area contributed by atoms with Crippen molar-refractivity contribution in [2.24, 2.45) is 0 Å². The number of benzene rings is 1. The minimum Gasteiger partial charge on any atom is -0.508 e. The first kappa shape index (κ1) is 19.3. The maximum absolute atomic E-state index is 12.6. The Labute approximate surface area is 154 Å². The van der Waals surface area contributed by atoms with Crippen LogP contribution >= 0.6 is 11.3 Å². The molecule has 0 aliphatic rings. The van der Waals surface area contributed by atoms with Gasteiger partial charge in [0.15, 0.2) is 5.57 Å². The van der Waals surface area contributed by atoms with E-state index in [1.54, 1.807) is 56.3 Å². The topological polar surface area (TPSA) is 95.6 Å². The number of phenols is 1. The van der Waals surface area contributed by atoms with E-state index in [-0.39, 0.29) is 28.2 Å². The number of aromatic hydroxyl groups is 1. The lowest BCUT2D eigenvalue weighted by Gasteiger charge is -2.12. The lowest BCUT2D eigenvalue weighted by molar-refractivity contribution is -0.136. The molecule has 0 saturated carbocycles. The quantitative estimate of drug-likeness (QED) is 0.777. The Morgan fingerprint density at radius 2 is 2.04 bits per heavy atom. The number of thiazole rings is 1. The van der Waals surface area contributed by atoms with Gasteiger partial charge in [0, 0.05) is 25.5 Å². The zero-order chi connectivity index (χ0) is 19.3. The number of ether oxygens (including phenoxy) is 1. The number of carbonyl (C=O) groups excluding carboxylic acids is 1. The van der Waals surface area contributed by atoms with Crippen molar-refractivity contribution in [2.75, 3.05) is 18.6 Å². The Morgan fingerprint density at radius 3 is 2.58 bits per heavy atom. The highest BCUT2D eigenvalue weighted by Gasteiger charge is 2.16. The van der Waals surface area contributed by atoms with E-state index in [0.717, 1.165) is 17.0 Å². The summed E-state index contributed by atoms with van der Waals surface area (Å²) in [4.78, 5) is 26.4. The zero-order valence-electron chi connectivity index (χ0n) is 14.7. The van der Waals surface area contributed by atoms with Gasteiger partial charge in [-0.2, -0.15) is 5.26 Å². The van der Waals surface area contributed by atoms with E-state index in [0.29, 0.717) is 11.1 Å². The average molecular weight is 373 g/mol. The molecule has 1 aromatic heterocycles. The monoisotopic (exact) mass is 373 g/mol. The number of rotatable bonds is 5. The number of esters is 1. The summed E-state index contributed by atoms with van der Waals surface area (Å²) in [5, 5.41) is 18.7. The second kappa shape index (κ2) is 8.36. The van der Waals surface area contributed by atoms with E-state index in [1.165, 1.54) is 4.57 Å². The molecule has 136 valence electrons. The summed E-state index contributed by atoms with van der Waals surface area (Å²) >= 11 is 1.07. The first-order chi connectivity index (χ1) is 12.4. The van der Waals surface area contributed by atoms with E-state index < -0.39 is 5.97 Å². The van der Waals surface area contributed by atoms with Gasteiger partial charge in [-0.3, -0.25) is 9.36 Å². The molecule has 0 aliphatic heterocycles. The number of phenolic OH excluding ortho intramolecular Hbond substituents is 1. The first-order valence-corrected chi connectivity index (χ1v) is 8.79. The lowest BCUT2D eigenvalue weighted by Crippen LogP contribution is -2.33. The highest BCUT2D eigenvalue weighted by molar-refractivity contribution is 7.07. The van der Waals surface area contributed by atoms with Crippen molar-refractivity contribution >= 4 is 34.8 Å². The minimum absolute atomic E-state index is 0.147. The molecule has 0 fully saturated rings. The van der Waals surface area contributed by atoms with Gasteiger partial charge in [0.2, 0.25) is 0 Å². The summed E-state index contributed by atoms with van der Waals surface area (Å²) in [6.45, 7) is 3.89. The van der Waals surface area contributed by atoms with Crippen molar-refractivity contribution in [1.29, 1.82) is 5.26 Å². The highest BCUT2D eigenvalue weighted by Crippen LogP contribution is 2.17. The number of hydrogen-bond donors (Lipinski definition) is 1. The van der Waals surface area contributed by atoms with Crippen LogP contribution in [0, 0.1) is 11.3 Å². The molecule has 0 bridgehead atoms. The summed E-state index contributed by atoms with van der Waals surface area (Å²) in [6.07, 6.45) is 1.63. The van der Waals surface area contributed by atoms with E-state index in [1.807, 2.05) is 6.07 Å². The normalized spacial score (nSPS) is 12.5. The summed E-state index contributed by atoms with van der Waals surface area (Å²) < 4.78 is 6.96. The van der Waals surface area contributed by atoms with E-state index >= 15 is 0 Å². The molecule has 2 aromatic rings. The number of hydrogen-bond acceptors (Lipinski definition) is 7. The van der Waals surface area contributed by atoms with Crippen LogP contribution in [0.15, 0.2) is 29.1 Å².